The third kappa shape index (κ3) is 4.78. The van der Waals surface area contributed by atoms with E-state index in [1.807, 2.05) is 6.92 Å². The molecule has 0 spiro atoms. The topological polar surface area (TPSA) is 71.7 Å². The van der Waals surface area contributed by atoms with Gasteiger partial charge in [0, 0.05) is 29.6 Å². The van der Waals surface area contributed by atoms with E-state index in [1.165, 1.54) is 25.3 Å². The van der Waals surface area contributed by atoms with Gasteiger partial charge in [-0.1, -0.05) is 37.6 Å². The van der Waals surface area contributed by atoms with E-state index in [0.717, 1.165) is 12.8 Å². The molecule has 0 amide bonds. The van der Waals surface area contributed by atoms with E-state index in [-0.39, 0.29) is 28.5 Å². The van der Waals surface area contributed by atoms with Crippen LogP contribution in [0.1, 0.15) is 41.4 Å². The Bertz CT molecular complexity index is 1080. The summed E-state index contributed by atoms with van der Waals surface area (Å²) in [7, 11) is -0.224. The molecule has 31 heavy (non-hydrogen) atoms. The van der Waals surface area contributed by atoms with Gasteiger partial charge in [0.15, 0.2) is 0 Å². The molecule has 0 aliphatic carbocycles. The van der Waals surface area contributed by atoms with E-state index < -0.39 is 19.1 Å². The number of alkyl halides is 3. The monoisotopic (exact) mass is 433 g/mol. The standard InChI is InChI=1S/C22H23BF3NO4/c1-3-4-11-27-18-10-9-16(31-2)13-17(18)20(21(28)22(24,25)26)19(27)12-14-5-7-15(8-6-14)23(29)30/h5-10,13,29-30H,3-4,11-12H2,1-2H3. The van der Waals surface area contributed by atoms with Crippen LogP contribution in [0.15, 0.2) is 42.5 Å². The molecule has 164 valence electrons. The highest BCUT2D eigenvalue weighted by atomic mass is 19.4. The fourth-order valence-corrected chi connectivity index (χ4v) is 3.67. The number of benzene rings is 2. The van der Waals surface area contributed by atoms with Gasteiger partial charge in [-0.15, -0.1) is 0 Å². The first-order chi connectivity index (χ1) is 14.7. The number of carbonyl (C=O) groups excluding carboxylic acids is 1. The zero-order chi connectivity index (χ0) is 22.8. The van der Waals surface area contributed by atoms with Gasteiger partial charge in [0.25, 0.3) is 5.78 Å². The van der Waals surface area contributed by atoms with Crippen LogP contribution in [0.4, 0.5) is 13.2 Å². The maximum atomic E-state index is 13.5. The minimum Gasteiger partial charge on any atom is -0.497 e. The van der Waals surface area contributed by atoms with Gasteiger partial charge < -0.3 is 19.4 Å². The second-order valence-corrected chi connectivity index (χ2v) is 7.33. The number of hydrogen-bond donors (Lipinski definition) is 2. The Morgan fingerprint density at radius 2 is 1.81 bits per heavy atom. The van der Waals surface area contributed by atoms with Crippen molar-refractivity contribution in [2.24, 2.45) is 0 Å². The smallest absolute Gasteiger partial charge is 0.488 e. The van der Waals surface area contributed by atoms with Crippen molar-refractivity contribution in [3.8, 4) is 5.75 Å². The molecule has 0 aliphatic rings. The average molecular weight is 433 g/mol. The first-order valence-electron chi connectivity index (χ1n) is 9.93. The number of unbranched alkanes of at least 4 members (excludes halogenated alkanes) is 1. The Morgan fingerprint density at radius 3 is 2.35 bits per heavy atom. The number of aryl methyl sites for hydroxylation is 1. The molecule has 2 aromatic carbocycles. The first kappa shape index (κ1) is 22.9. The molecule has 0 radical (unpaired) electrons. The van der Waals surface area contributed by atoms with E-state index in [0.29, 0.717) is 23.4 Å². The number of ketones is 1. The Hall–Kier alpha value is -2.78. The number of aromatic nitrogens is 1. The zero-order valence-corrected chi connectivity index (χ0v) is 17.2. The molecule has 0 atom stereocenters. The van der Waals surface area contributed by atoms with Crippen LogP contribution in [0.5, 0.6) is 5.75 Å². The van der Waals surface area contributed by atoms with Gasteiger partial charge in [-0.2, -0.15) is 13.2 Å². The second-order valence-electron chi connectivity index (χ2n) is 7.33. The van der Waals surface area contributed by atoms with E-state index in [1.54, 1.807) is 28.8 Å². The van der Waals surface area contributed by atoms with E-state index in [2.05, 4.69) is 0 Å². The summed E-state index contributed by atoms with van der Waals surface area (Å²) >= 11 is 0. The summed E-state index contributed by atoms with van der Waals surface area (Å²) in [6.45, 7) is 2.45. The van der Waals surface area contributed by atoms with Crippen molar-refractivity contribution in [2.45, 2.75) is 38.9 Å². The summed E-state index contributed by atoms with van der Waals surface area (Å²) < 4.78 is 47.5. The summed E-state index contributed by atoms with van der Waals surface area (Å²) in [5, 5.41) is 18.7. The molecule has 1 aromatic heterocycles. The lowest BCUT2D eigenvalue weighted by molar-refractivity contribution is -0.0884. The largest absolute Gasteiger partial charge is 0.497 e. The lowest BCUT2D eigenvalue weighted by Gasteiger charge is -2.13. The van der Waals surface area contributed by atoms with Crippen molar-refractivity contribution in [3.05, 3.63) is 59.3 Å². The van der Waals surface area contributed by atoms with Crippen molar-refractivity contribution in [2.75, 3.05) is 7.11 Å². The van der Waals surface area contributed by atoms with Crippen LogP contribution in [-0.4, -0.2) is 40.8 Å². The number of ether oxygens (including phenoxy) is 1. The summed E-state index contributed by atoms with van der Waals surface area (Å²) in [5.41, 5.74) is 1.36. The number of Topliss-reactive ketones (excluding diaryl/α,β-unsaturated/α-hetero) is 1. The molecule has 0 bridgehead atoms. The van der Waals surface area contributed by atoms with Crippen LogP contribution in [0.3, 0.4) is 0 Å². The Morgan fingerprint density at radius 1 is 1.13 bits per heavy atom. The second kappa shape index (κ2) is 9.15. The molecule has 2 N–H and O–H groups in total. The van der Waals surface area contributed by atoms with Gasteiger partial charge in [0.1, 0.15) is 5.75 Å². The summed E-state index contributed by atoms with van der Waals surface area (Å²) in [6, 6.07) is 11.0. The number of nitrogens with zero attached hydrogens (tertiary/aromatic N) is 1. The van der Waals surface area contributed by atoms with Crippen molar-refractivity contribution in [3.63, 3.8) is 0 Å². The number of hydrogen-bond acceptors (Lipinski definition) is 4. The third-order valence-corrected chi connectivity index (χ3v) is 5.25. The molecule has 5 nitrogen and oxygen atoms in total. The fourth-order valence-electron chi connectivity index (χ4n) is 3.67. The van der Waals surface area contributed by atoms with Crippen LogP contribution in [0.25, 0.3) is 10.9 Å². The molecule has 3 aromatic rings. The van der Waals surface area contributed by atoms with E-state index in [9.17, 15) is 28.0 Å². The predicted molar refractivity (Wildman–Crippen MR) is 113 cm³/mol. The van der Waals surface area contributed by atoms with Gasteiger partial charge >= 0.3 is 13.3 Å². The molecule has 1 heterocycles. The average Bonchev–Trinajstić information content (AvgIpc) is 3.03. The normalized spacial score (nSPS) is 11.7. The molecular weight excluding hydrogens is 410 g/mol. The third-order valence-electron chi connectivity index (χ3n) is 5.25. The maximum Gasteiger partial charge on any atom is 0.488 e. The Kier molecular flexibility index (Phi) is 6.76. The lowest BCUT2D eigenvalue weighted by atomic mass is 9.80. The minimum atomic E-state index is -5.02. The molecular formula is C22H23BF3NO4. The SMILES string of the molecule is CCCCn1c(Cc2ccc(B(O)O)cc2)c(C(=O)C(F)(F)F)c2cc(OC)ccc21. The number of methoxy groups -OCH3 is 1. The molecule has 0 fully saturated rings. The van der Waals surface area contributed by atoms with Gasteiger partial charge in [-0.05, 0) is 35.6 Å². The molecule has 0 saturated heterocycles. The number of fused-ring (bicyclic) bond motifs is 1. The van der Waals surface area contributed by atoms with Crippen molar-refractivity contribution < 1.29 is 32.8 Å². The fraction of sp³-hybridized carbons (Fsp3) is 0.318. The van der Waals surface area contributed by atoms with Gasteiger partial charge in [0.2, 0.25) is 0 Å². The van der Waals surface area contributed by atoms with Crippen LogP contribution < -0.4 is 10.2 Å². The van der Waals surface area contributed by atoms with Crippen LogP contribution in [0, 0.1) is 0 Å². The minimum absolute atomic E-state index is 0.0830. The van der Waals surface area contributed by atoms with E-state index >= 15 is 0 Å². The van der Waals surface area contributed by atoms with Crippen molar-refractivity contribution >= 4 is 29.3 Å². The molecule has 0 saturated carbocycles. The number of carbonyl (C=O) groups is 1. The van der Waals surface area contributed by atoms with Crippen molar-refractivity contribution in [1.29, 1.82) is 0 Å². The lowest BCUT2D eigenvalue weighted by Crippen LogP contribution is -2.29. The van der Waals surface area contributed by atoms with Gasteiger partial charge in [-0.25, -0.2) is 0 Å². The highest BCUT2D eigenvalue weighted by molar-refractivity contribution is 6.58. The van der Waals surface area contributed by atoms with Gasteiger partial charge in [0.05, 0.1) is 12.7 Å². The zero-order valence-electron chi connectivity index (χ0n) is 17.2. The van der Waals surface area contributed by atoms with Crippen LogP contribution in [-0.2, 0) is 13.0 Å². The first-order valence-corrected chi connectivity index (χ1v) is 9.93. The van der Waals surface area contributed by atoms with Crippen LogP contribution >= 0.6 is 0 Å². The molecule has 0 aliphatic heterocycles. The number of rotatable bonds is 8. The molecule has 0 unspecified atom stereocenters. The van der Waals surface area contributed by atoms with Crippen molar-refractivity contribution in [1.82, 2.24) is 4.57 Å². The summed E-state index contributed by atoms with van der Waals surface area (Å²) in [4.78, 5) is 12.5. The molecule has 3 rings (SSSR count). The predicted octanol–water partition coefficient (Wildman–Crippen LogP) is 3.47. The summed E-state index contributed by atoms with van der Waals surface area (Å²) in [6.07, 6.45) is -3.37. The Balaban J connectivity index is 2.23. The highest BCUT2D eigenvalue weighted by Crippen LogP contribution is 2.35. The number of halogens is 3. The maximum absolute atomic E-state index is 13.5. The quantitative estimate of drug-likeness (QED) is 0.422. The van der Waals surface area contributed by atoms with Crippen LogP contribution in [0.2, 0.25) is 0 Å². The molecule has 9 heteroatoms. The summed E-state index contributed by atoms with van der Waals surface area (Å²) in [5.74, 6) is -1.53. The van der Waals surface area contributed by atoms with Gasteiger partial charge in [-0.3, -0.25) is 4.79 Å². The Labute approximate surface area is 178 Å². The highest BCUT2D eigenvalue weighted by Gasteiger charge is 2.42. The van der Waals surface area contributed by atoms with E-state index in [4.69, 9.17) is 4.74 Å².